The van der Waals surface area contributed by atoms with E-state index in [-0.39, 0.29) is 12.0 Å². The molecule has 0 radical (unpaired) electrons. The molecule has 1 aliphatic rings. The summed E-state index contributed by atoms with van der Waals surface area (Å²) < 4.78 is 6.09. The van der Waals surface area contributed by atoms with E-state index in [1.807, 2.05) is 25.1 Å². The van der Waals surface area contributed by atoms with Gasteiger partial charge in [-0.2, -0.15) is 0 Å². The number of nitrogens with zero attached hydrogens (tertiary/aromatic N) is 1. The quantitative estimate of drug-likeness (QED) is 0.944. The molecular weight excluding hydrogens is 276 g/mol. The molecule has 0 aliphatic carbocycles. The number of para-hydroxylation sites is 1. The standard InChI is InChI=1S/C18H20N2O2/c1-3-16(21)20-11-14-10-13-7-4-8-15(18(13)22-14)17-12(2)6-5-9-19-17/h4-9,14H,3,10-11H2,1-2H3,(H,20,21)/t14-/m0/s1. The van der Waals surface area contributed by atoms with Crippen LogP contribution in [0.1, 0.15) is 24.5 Å². The van der Waals surface area contributed by atoms with Gasteiger partial charge in [-0.3, -0.25) is 9.78 Å². The molecule has 3 rings (SSSR count). The van der Waals surface area contributed by atoms with Gasteiger partial charge >= 0.3 is 0 Å². The van der Waals surface area contributed by atoms with Gasteiger partial charge in [0.1, 0.15) is 11.9 Å². The number of pyridine rings is 1. The van der Waals surface area contributed by atoms with Crippen molar-refractivity contribution >= 4 is 5.91 Å². The highest BCUT2D eigenvalue weighted by Gasteiger charge is 2.26. The van der Waals surface area contributed by atoms with Crippen molar-refractivity contribution < 1.29 is 9.53 Å². The molecule has 2 aromatic rings. The molecule has 1 aromatic heterocycles. The van der Waals surface area contributed by atoms with Gasteiger partial charge in [-0.25, -0.2) is 0 Å². The Morgan fingerprint density at radius 2 is 2.23 bits per heavy atom. The van der Waals surface area contributed by atoms with Gasteiger partial charge in [-0.15, -0.1) is 0 Å². The van der Waals surface area contributed by atoms with Crippen molar-refractivity contribution in [1.82, 2.24) is 10.3 Å². The summed E-state index contributed by atoms with van der Waals surface area (Å²) in [4.78, 5) is 15.9. The monoisotopic (exact) mass is 296 g/mol. The van der Waals surface area contributed by atoms with Crippen LogP contribution in [-0.4, -0.2) is 23.5 Å². The smallest absolute Gasteiger partial charge is 0.219 e. The van der Waals surface area contributed by atoms with Crippen LogP contribution in [0.5, 0.6) is 5.75 Å². The van der Waals surface area contributed by atoms with Gasteiger partial charge in [0.15, 0.2) is 0 Å². The topological polar surface area (TPSA) is 51.2 Å². The van der Waals surface area contributed by atoms with E-state index < -0.39 is 0 Å². The van der Waals surface area contributed by atoms with Crippen LogP contribution in [0.15, 0.2) is 36.5 Å². The number of aromatic nitrogens is 1. The molecule has 0 bridgehead atoms. The maximum absolute atomic E-state index is 11.4. The highest BCUT2D eigenvalue weighted by Crippen LogP contribution is 2.38. The zero-order chi connectivity index (χ0) is 15.5. The van der Waals surface area contributed by atoms with Crippen molar-refractivity contribution in [3.8, 4) is 17.0 Å². The fraction of sp³-hybridized carbons (Fsp3) is 0.333. The van der Waals surface area contributed by atoms with E-state index in [0.717, 1.165) is 29.0 Å². The summed E-state index contributed by atoms with van der Waals surface area (Å²) in [7, 11) is 0. The average molecular weight is 296 g/mol. The minimum absolute atomic E-state index is 0.00401. The highest BCUT2D eigenvalue weighted by molar-refractivity contribution is 5.75. The Bertz CT molecular complexity index is 697. The Hall–Kier alpha value is -2.36. The number of amides is 1. The van der Waals surface area contributed by atoms with Crippen LogP contribution in [0.3, 0.4) is 0 Å². The summed E-state index contributed by atoms with van der Waals surface area (Å²) in [6, 6.07) is 10.2. The first-order chi connectivity index (χ1) is 10.7. The first kappa shape index (κ1) is 14.6. The molecule has 0 fully saturated rings. The summed E-state index contributed by atoms with van der Waals surface area (Å²) >= 11 is 0. The molecule has 4 nitrogen and oxygen atoms in total. The van der Waals surface area contributed by atoms with Gasteiger partial charge in [-0.05, 0) is 30.2 Å². The molecule has 0 saturated carbocycles. The van der Waals surface area contributed by atoms with Crippen LogP contribution in [-0.2, 0) is 11.2 Å². The van der Waals surface area contributed by atoms with Crippen molar-refractivity contribution in [2.24, 2.45) is 0 Å². The minimum Gasteiger partial charge on any atom is -0.487 e. The number of ether oxygens (including phenoxy) is 1. The second-order valence-corrected chi connectivity index (χ2v) is 5.56. The molecule has 1 amide bonds. The molecule has 0 spiro atoms. The zero-order valence-electron chi connectivity index (χ0n) is 12.9. The molecule has 0 saturated heterocycles. The Balaban J connectivity index is 1.83. The number of hydrogen-bond donors (Lipinski definition) is 1. The average Bonchev–Trinajstić information content (AvgIpc) is 2.96. The summed E-state index contributed by atoms with van der Waals surface area (Å²) in [5.41, 5.74) is 4.29. The fourth-order valence-corrected chi connectivity index (χ4v) is 2.76. The molecular formula is C18H20N2O2. The predicted molar refractivity (Wildman–Crippen MR) is 85.8 cm³/mol. The molecule has 1 aliphatic heterocycles. The van der Waals surface area contributed by atoms with Crippen LogP contribution in [0, 0.1) is 6.92 Å². The minimum atomic E-state index is -0.00401. The van der Waals surface area contributed by atoms with Crippen molar-refractivity contribution in [2.45, 2.75) is 32.8 Å². The predicted octanol–water partition coefficient (Wildman–Crippen LogP) is 2.89. The van der Waals surface area contributed by atoms with Crippen molar-refractivity contribution in [3.05, 3.63) is 47.7 Å². The third-order valence-corrected chi connectivity index (χ3v) is 3.94. The van der Waals surface area contributed by atoms with Crippen molar-refractivity contribution in [3.63, 3.8) is 0 Å². The number of carbonyl (C=O) groups excluding carboxylic acids is 1. The molecule has 1 aromatic carbocycles. The van der Waals surface area contributed by atoms with E-state index in [9.17, 15) is 4.79 Å². The second kappa shape index (κ2) is 6.18. The molecule has 22 heavy (non-hydrogen) atoms. The Kier molecular flexibility index (Phi) is 4.09. The molecule has 114 valence electrons. The zero-order valence-corrected chi connectivity index (χ0v) is 12.9. The lowest BCUT2D eigenvalue weighted by Crippen LogP contribution is -2.33. The Morgan fingerprint density at radius 1 is 1.36 bits per heavy atom. The van der Waals surface area contributed by atoms with E-state index in [2.05, 4.69) is 29.4 Å². The van der Waals surface area contributed by atoms with Crippen LogP contribution < -0.4 is 10.1 Å². The van der Waals surface area contributed by atoms with Gasteiger partial charge in [0.2, 0.25) is 5.91 Å². The highest BCUT2D eigenvalue weighted by atomic mass is 16.5. The normalized spacial score (nSPS) is 16.0. The van der Waals surface area contributed by atoms with Gasteiger partial charge in [0.25, 0.3) is 0 Å². The molecule has 2 heterocycles. The van der Waals surface area contributed by atoms with Gasteiger partial charge in [-0.1, -0.05) is 25.1 Å². The number of benzene rings is 1. The van der Waals surface area contributed by atoms with E-state index in [1.54, 1.807) is 6.20 Å². The lowest BCUT2D eigenvalue weighted by atomic mass is 10.0. The molecule has 0 unspecified atom stereocenters. The number of rotatable bonds is 4. The lowest BCUT2D eigenvalue weighted by molar-refractivity contribution is -0.121. The summed E-state index contributed by atoms with van der Waals surface area (Å²) in [6.07, 6.45) is 3.11. The first-order valence-corrected chi connectivity index (χ1v) is 7.66. The number of hydrogen-bond acceptors (Lipinski definition) is 3. The number of carbonyl (C=O) groups is 1. The maximum atomic E-state index is 11.4. The summed E-state index contributed by atoms with van der Waals surface area (Å²) in [5.74, 6) is 0.959. The number of aryl methyl sites for hydroxylation is 1. The molecule has 1 atom stereocenters. The van der Waals surface area contributed by atoms with Crippen molar-refractivity contribution in [1.29, 1.82) is 0 Å². The van der Waals surface area contributed by atoms with Crippen LogP contribution in [0.2, 0.25) is 0 Å². The fourth-order valence-electron chi connectivity index (χ4n) is 2.76. The molecule has 4 heteroatoms. The van der Waals surface area contributed by atoms with Gasteiger partial charge in [0.05, 0.1) is 12.2 Å². The summed E-state index contributed by atoms with van der Waals surface area (Å²) in [6.45, 7) is 4.44. The third kappa shape index (κ3) is 2.82. The number of fused-ring (bicyclic) bond motifs is 1. The first-order valence-electron chi connectivity index (χ1n) is 7.66. The second-order valence-electron chi connectivity index (χ2n) is 5.56. The maximum Gasteiger partial charge on any atom is 0.219 e. The van der Waals surface area contributed by atoms with Gasteiger partial charge in [0, 0.05) is 24.6 Å². The van der Waals surface area contributed by atoms with Crippen molar-refractivity contribution in [2.75, 3.05) is 6.54 Å². The van der Waals surface area contributed by atoms with Crippen LogP contribution in [0.4, 0.5) is 0 Å². The van der Waals surface area contributed by atoms with Gasteiger partial charge < -0.3 is 10.1 Å². The lowest BCUT2D eigenvalue weighted by Gasteiger charge is -2.13. The van der Waals surface area contributed by atoms with E-state index >= 15 is 0 Å². The Labute approximate surface area is 130 Å². The Morgan fingerprint density at radius 3 is 3.00 bits per heavy atom. The van der Waals surface area contributed by atoms with E-state index in [4.69, 9.17) is 4.74 Å². The SMILES string of the molecule is CCC(=O)NC[C@@H]1Cc2cccc(-c3ncccc3C)c2O1. The van der Waals surface area contributed by atoms with Crippen LogP contribution in [0.25, 0.3) is 11.3 Å². The van der Waals surface area contributed by atoms with E-state index in [0.29, 0.717) is 13.0 Å². The largest absolute Gasteiger partial charge is 0.487 e. The third-order valence-electron chi connectivity index (χ3n) is 3.94. The molecule has 1 N–H and O–H groups in total. The van der Waals surface area contributed by atoms with E-state index in [1.165, 1.54) is 5.56 Å². The summed E-state index contributed by atoms with van der Waals surface area (Å²) in [5, 5.41) is 2.90. The van der Waals surface area contributed by atoms with Crippen LogP contribution >= 0.6 is 0 Å². The number of nitrogens with one attached hydrogen (secondary N) is 1.